The second kappa shape index (κ2) is 59.8. The number of carboxylic acids is 1. The molecule has 1 atom stereocenters. The molecule has 135 heavy (non-hydrogen) atoms. The molecule has 2 aliphatic heterocycles. The van der Waals surface area contributed by atoms with Crippen LogP contribution in [0, 0.1) is 31.6 Å². The van der Waals surface area contributed by atoms with E-state index >= 15 is 0 Å². The molecule has 0 fully saturated rings. The zero-order valence-electron chi connectivity index (χ0n) is 81.3. The van der Waals surface area contributed by atoms with Gasteiger partial charge in [0.05, 0.1) is 59.9 Å². The number of esters is 2. The first kappa shape index (κ1) is 111. The fraction of sp³-hybridized carbons (Fsp3) is 0.421. The molecule has 7 aromatic carbocycles. The molecule has 11 aromatic rings. The van der Waals surface area contributed by atoms with Crippen molar-refractivity contribution in [2.75, 3.05) is 53.4 Å². The van der Waals surface area contributed by atoms with Gasteiger partial charge < -0.3 is 48.4 Å². The van der Waals surface area contributed by atoms with Gasteiger partial charge in [-0.15, -0.1) is 6.61 Å². The van der Waals surface area contributed by atoms with E-state index in [1.165, 1.54) is 19.6 Å². The van der Waals surface area contributed by atoms with Gasteiger partial charge in [0.15, 0.2) is 23.0 Å². The third-order valence-corrected chi connectivity index (χ3v) is 22.1. The topological polar surface area (TPSA) is 326 Å². The van der Waals surface area contributed by atoms with Crippen molar-refractivity contribution in [1.82, 2.24) is 49.7 Å². The number of benzene rings is 7. The number of carboxylic acid groups (broad SMARTS) is 1. The number of H-pyrrole nitrogens is 2. The number of hydrogen-bond acceptors (Lipinski definition) is 22. The summed E-state index contributed by atoms with van der Waals surface area (Å²) in [6.07, 6.45) is 14.4. The number of nitrogens with zero attached hydrogens (tertiary/aromatic N) is 8. The summed E-state index contributed by atoms with van der Waals surface area (Å²) in [5.41, 5.74) is 18.0. The third kappa shape index (κ3) is 36.9. The van der Waals surface area contributed by atoms with E-state index in [0.29, 0.717) is 125 Å². The molecule has 6 heterocycles. The minimum Gasteiger partial charge on any atom is -0.854 e. The van der Waals surface area contributed by atoms with Crippen molar-refractivity contribution in [3.05, 3.63) is 286 Å². The average Bonchev–Trinajstić information content (AvgIpc) is 0.810. The number of nitrogens with one attached hydrogen (secondary N) is 2. The molecule has 0 bridgehead atoms. The number of hydrogen-bond donors (Lipinski definition) is 3. The first-order valence-corrected chi connectivity index (χ1v) is 47.5. The van der Waals surface area contributed by atoms with Gasteiger partial charge in [0.2, 0.25) is 10.6 Å². The second-order valence-corrected chi connectivity index (χ2v) is 34.4. The van der Waals surface area contributed by atoms with Crippen LogP contribution in [0.1, 0.15) is 235 Å². The average molecular weight is 1890 g/mol. The second-order valence-electron chi connectivity index (χ2n) is 33.7. The summed E-state index contributed by atoms with van der Waals surface area (Å²) >= 11 is 12.5. The monoisotopic (exact) mass is 1890 g/mol. The standard InChI is InChI=1S/C36H41N3O5.C33H34ClN3O4.C15H17ClN2.C10H18O3.C9H14N2O2.C4H9O.Na/c1-4-5-11-30-31(37-36(44-24-25(2)3)38-34(30)28-9-7-6-8-10-28)23-39(21-26-12-15-29(16-13-26)35(40)41)22-27-14-17-32-33(20-27)43-19-18-42-32;1-3-4-10-27-28(35-33(34)36-31(27)25-8-6-5-7-9-25)22-37(20-23-11-14-26(15-12-23)32(38)39-2)21-24-13-16-29-30(19-24)41-18-17-40-29;1-3-4-10-13-11(2)17-15(16)18-14(13)12-8-6-5-7-9-12;1-4-6-7-9(8(3)11)10(12)13-5-2;1-3-4-5-7-6(2)10-9(13)11-8(7)12;1-4(2)3-5;/h6-10,12-17,20,25H,4-5,11,18-19,21-24H2,1-3H3,(H,40,41);5-9,11-16,19H,3-4,10,17-18,20-22H2,1-2H3;5-9H,3-4,10H2,1-2H3;9H,4-7H2,1-3H3;3-5H2,1-2H3,(H2,10,11,12,13);4H,3H2,1-2H3;/q;;;;;-1;+1. The van der Waals surface area contributed by atoms with Crippen LogP contribution in [0.4, 0.5) is 0 Å². The van der Waals surface area contributed by atoms with E-state index in [-0.39, 0.29) is 70.3 Å². The van der Waals surface area contributed by atoms with E-state index in [1.807, 2.05) is 131 Å². The number of Topliss-reactive ketones (excluding diaryl/α,β-unsaturated/α-hetero) is 1. The Morgan fingerprint density at radius 3 is 1.30 bits per heavy atom. The van der Waals surface area contributed by atoms with Crippen molar-refractivity contribution in [2.45, 2.75) is 226 Å². The van der Waals surface area contributed by atoms with Gasteiger partial charge in [-0.3, -0.25) is 29.2 Å². The van der Waals surface area contributed by atoms with Crippen molar-refractivity contribution >= 4 is 46.9 Å². The molecule has 13 rings (SSSR count). The SMILES string of the molecule is CC(C)C[O-].CCCCC(C(C)=O)C(=O)OCC.CCCCc1c(C)[nH]c(=O)[nH]c1=O.CCCCc1c(C)nc(Cl)nc1-c1ccccc1.CCCCc1c(CN(Cc2ccc(C(=O)O)cc2)Cc2ccc3c(c2)OCCO3)nc(OCC(C)C)nc1-c1ccccc1.CCCCc1c(CN(Cc2ccc(C(=O)OC)cc2)Cc2ccc3c(c2)OCCO3)nc(Cl)nc1-c1ccccc1.[Na+]. The summed E-state index contributed by atoms with van der Waals surface area (Å²) in [6.45, 7) is 32.3. The number of carbonyl (C=O) groups excluding carboxylic acids is 3. The quantitative estimate of drug-likeness (QED) is 0.0139. The van der Waals surface area contributed by atoms with E-state index in [1.54, 1.807) is 38.1 Å². The van der Waals surface area contributed by atoms with Crippen LogP contribution in [0.25, 0.3) is 33.8 Å². The Bertz CT molecular complexity index is 5600. The van der Waals surface area contributed by atoms with Crippen LogP contribution in [0.3, 0.4) is 0 Å². The fourth-order valence-corrected chi connectivity index (χ4v) is 15.1. The van der Waals surface area contributed by atoms with Crippen LogP contribution < -0.4 is 69.6 Å². The summed E-state index contributed by atoms with van der Waals surface area (Å²) in [5.74, 6) is 1.41. The Hall–Kier alpha value is -11.0. The molecule has 0 amide bonds. The van der Waals surface area contributed by atoms with E-state index in [9.17, 15) is 39.0 Å². The number of aromatic carboxylic acids is 1. The van der Waals surface area contributed by atoms with E-state index in [4.69, 9.17) is 71.3 Å². The Morgan fingerprint density at radius 1 is 0.481 bits per heavy atom. The number of aromatic nitrogens is 8. The molecule has 0 spiro atoms. The number of methoxy groups -OCH3 is 1. The number of ketones is 1. The largest absolute Gasteiger partial charge is 1.00 e. The van der Waals surface area contributed by atoms with Gasteiger partial charge in [0.1, 0.15) is 38.1 Å². The number of ether oxygens (including phenoxy) is 7. The Balaban J connectivity index is 0.000000248. The third-order valence-electron chi connectivity index (χ3n) is 21.8. The van der Waals surface area contributed by atoms with Crippen LogP contribution in [0.2, 0.25) is 10.6 Å². The summed E-state index contributed by atoms with van der Waals surface area (Å²) in [7, 11) is 1.39. The van der Waals surface area contributed by atoms with Crippen LogP contribution in [-0.2, 0) is 84.0 Å². The van der Waals surface area contributed by atoms with Gasteiger partial charge in [-0.05, 0) is 191 Å². The van der Waals surface area contributed by atoms with Crippen LogP contribution in [0.5, 0.6) is 29.0 Å². The molecule has 0 aliphatic carbocycles. The summed E-state index contributed by atoms with van der Waals surface area (Å²) < 4.78 is 39.0. The van der Waals surface area contributed by atoms with Gasteiger partial charge in [0.25, 0.3) is 5.56 Å². The molecular weight excluding hydrogens is 1760 g/mol. The molecule has 0 saturated carbocycles. The van der Waals surface area contributed by atoms with Crippen LogP contribution >= 0.6 is 23.2 Å². The van der Waals surface area contributed by atoms with E-state index < -0.39 is 17.6 Å². The first-order chi connectivity index (χ1) is 64.7. The van der Waals surface area contributed by atoms with Crippen LogP contribution in [0.15, 0.2) is 186 Å². The molecule has 2 aliphatic rings. The van der Waals surface area contributed by atoms with Gasteiger partial charge in [-0.2, -0.15) is 9.97 Å². The summed E-state index contributed by atoms with van der Waals surface area (Å²) in [5, 5.41) is 19.6. The van der Waals surface area contributed by atoms with Crippen molar-refractivity contribution in [3.8, 4) is 62.8 Å². The molecule has 28 heteroatoms. The van der Waals surface area contributed by atoms with Crippen molar-refractivity contribution < 1.29 is 92.1 Å². The molecule has 716 valence electrons. The van der Waals surface area contributed by atoms with Crippen LogP contribution in [-0.4, -0.2) is 132 Å². The van der Waals surface area contributed by atoms with Crippen molar-refractivity contribution in [1.29, 1.82) is 0 Å². The predicted octanol–water partition coefficient (Wildman–Crippen LogP) is 18.2. The van der Waals surface area contributed by atoms with E-state index in [0.717, 1.165) is 197 Å². The minimum atomic E-state index is -0.936. The number of aromatic amines is 2. The Labute approximate surface area is 828 Å². The maximum Gasteiger partial charge on any atom is 1.00 e. The zero-order chi connectivity index (χ0) is 96.9. The number of unbranched alkanes of at least 4 members (excludes halogenated alkanes) is 5. The van der Waals surface area contributed by atoms with Gasteiger partial charge in [-0.25, -0.2) is 34.3 Å². The zero-order valence-corrected chi connectivity index (χ0v) is 84.8. The van der Waals surface area contributed by atoms with Crippen molar-refractivity contribution in [2.24, 2.45) is 17.8 Å². The van der Waals surface area contributed by atoms with E-state index in [2.05, 4.69) is 125 Å². The molecule has 1 unspecified atom stereocenters. The number of aryl methyl sites for hydroxylation is 2. The Morgan fingerprint density at radius 2 is 0.881 bits per heavy atom. The maximum atomic E-state index is 12.0. The normalized spacial score (nSPS) is 11.8. The number of fused-ring (bicyclic) bond motifs is 2. The van der Waals surface area contributed by atoms with Crippen molar-refractivity contribution in [3.63, 3.8) is 0 Å². The number of carbonyl (C=O) groups is 4. The minimum absolute atomic E-state index is 0. The first-order valence-electron chi connectivity index (χ1n) is 46.8. The maximum absolute atomic E-state index is 12.0. The van der Waals surface area contributed by atoms with Gasteiger partial charge in [-0.1, -0.05) is 234 Å². The Kier molecular flexibility index (Phi) is 49.2. The fourth-order valence-electron chi connectivity index (χ4n) is 14.7. The summed E-state index contributed by atoms with van der Waals surface area (Å²) in [6, 6.07) is 57.7. The number of halogens is 2. The smallest absolute Gasteiger partial charge is 0.854 e. The van der Waals surface area contributed by atoms with Gasteiger partial charge >= 0.3 is 59.2 Å². The predicted molar refractivity (Wildman–Crippen MR) is 526 cm³/mol. The molecule has 25 nitrogen and oxygen atoms in total. The number of rotatable bonds is 39. The molecule has 3 N–H and O–H groups in total. The molecular formula is C107H133Cl2N10NaO15. The molecule has 4 aromatic heterocycles. The molecule has 0 radical (unpaired) electrons. The molecule has 0 saturated heterocycles. The van der Waals surface area contributed by atoms with Gasteiger partial charge in [0, 0.05) is 84.0 Å². The summed E-state index contributed by atoms with van der Waals surface area (Å²) in [4.78, 5) is 105.